The van der Waals surface area contributed by atoms with Crippen LogP contribution in [0, 0.1) is 17.3 Å². The van der Waals surface area contributed by atoms with Gasteiger partial charge in [0.05, 0.1) is 12.0 Å². The first-order chi connectivity index (χ1) is 7.57. The Morgan fingerprint density at radius 1 is 1.44 bits per heavy atom. The number of carbonyl (C=O) groups is 1. The quantitative estimate of drug-likeness (QED) is 0.725. The SMILES string of the molecule is CCC(CC)CC1CC(COC)(C(N)=O)C1. The van der Waals surface area contributed by atoms with Gasteiger partial charge in [0.15, 0.2) is 0 Å². The van der Waals surface area contributed by atoms with E-state index in [0.29, 0.717) is 12.5 Å². The highest BCUT2D eigenvalue weighted by Crippen LogP contribution is 2.48. The molecule has 0 radical (unpaired) electrons. The summed E-state index contributed by atoms with van der Waals surface area (Å²) in [5.74, 6) is 1.29. The Morgan fingerprint density at radius 3 is 2.38 bits per heavy atom. The molecule has 1 rings (SSSR count). The summed E-state index contributed by atoms with van der Waals surface area (Å²) in [6.45, 7) is 4.97. The van der Waals surface area contributed by atoms with Crippen molar-refractivity contribution >= 4 is 5.91 Å². The summed E-state index contributed by atoms with van der Waals surface area (Å²) in [5, 5.41) is 0. The number of nitrogens with two attached hydrogens (primary N) is 1. The molecular formula is C13H25NO2. The third-order valence-corrected chi connectivity index (χ3v) is 4.12. The van der Waals surface area contributed by atoms with Crippen LogP contribution in [0.25, 0.3) is 0 Å². The van der Waals surface area contributed by atoms with Crippen molar-refractivity contribution in [3.63, 3.8) is 0 Å². The maximum Gasteiger partial charge on any atom is 0.225 e. The maximum atomic E-state index is 11.4. The van der Waals surface area contributed by atoms with Crippen LogP contribution in [0.2, 0.25) is 0 Å². The minimum atomic E-state index is -0.356. The number of rotatable bonds is 7. The van der Waals surface area contributed by atoms with Gasteiger partial charge in [-0.15, -0.1) is 0 Å². The fourth-order valence-corrected chi connectivity index (χ4v) is 2.97. The van der Waals surface area contributed by atoms with Crippen molar-refractivity contribution in [2.24, 2.45) is 23.0 Å². The lowest BCUT2D eigenvalue weighted by Gasteiger charge is -2.46. The molecule has 1 fully saturated rings. The van der Waals surface area contributed by atoms with Crippen molar-refractivity contribution in [1.29, 1.82) is 0 Å². The number of amides is 1. The monoisotopic (exact) mass is 227 g/mol. The predicted octanol–water partition coefficient (Wildman–Crippen LogP) is 2.34. The molecule has 3 nitrogen and oxygen atoms in total. The van der Waals surface area contributed by atoms with E-state index < -0.39 is 0 Å². The Morgan fingerprint density at radius 2 is 2.00 bits per heavy atom. The summed E-state index contributed by atoms with van der Waals surface area (Å²) in [6, 6.07) is 0. The lowest BCUT2D eigenvalue weighted by atomic mass is 9.59. The van der Waals surface area contributed by atoms with E-state index in [1.807, 2.05) is 0 Å². The number of hydrogen-bond donors (Lipinski definition) is 1. The van der Waals surface area contributed by atoms with Gasteiger partial charge in [0.25, 0.3) is 0 Å². The van der Waals surface area contributed by atoms with Crippen LogP contribution in [0.4, 0.5) is 0 Å². The molecule has 16 heavy (non-hydrogen) atoms. The molecule has 0 heterocycles. The van der Waals surface area contributed by atoms with Gasteiger partial charge in [-0.3, -0.25) is 4.79 Å². The number of methoxy groups -OCH3 is 1. The zero-order valence-corrected chi connectivity index (χ0v) is 10.8. The fourth-order valence-electron chi connectivity index (χ4n) is 2.97. The summed E-state index contributed by atoms with van der Waals surface area (Å²) in [5.41, 5.74) is 5.10. The highest BCUT2D eigenvalue weighted by atomic mass is 16.5. The fraction of sp³-hybridized carbons (Fsp3) is 0.923. The third kappa shape index (κ3) is 2.76. The van der Waals surface area contributed by atoms with Gasteiger partial charge >= 0.3 is 0 Å². The highest BCUT2D eigenvalue weighted by Gasteiger charge is 2.48. The minimum Gasteiger partial charge on any atom is -0.384 e. The normalized spacial score (nSPS) is 29.1. The zero-order chi connectivity index (χ0) is 12.2. The van der Waals surface area contributed by atoms with Crippen LogP contribution in [-0.4, -0.2) is 19.6 Å². The van der Waals surface area contributed by atoms with Gasteiger partial charge in [-0.1, -0.05) is 26.7 Å². The summed E-state index contributed by atoms with van der Waals surface area (Å²) < 4.78 is 5.12. The number of hydrogen-bond acceptors (Lipinski definition) is 2. The van der Waals surface area contributed by atoms with E-state index in [-0.39, 0.29) is 11.3 Å². The Hall–Kier alpha value is -0.570. The first-order valence-corrected chi connectivity index (χ1v) is 6.36. The first kappa shape index (κ1) is 13.5. The zero-order valence-electron chi connectivity index (χ0n) is 10.8. The molecule has 0 bridgehead atoms. The molecule has 1 aliphatic carbocycles. The lowest BCUT2D eigenvalue weighted by molar-refractivity contribution is -0.142. The molecule has 2 N–H and O–H groups in total. The van der Waals surface area contributed by atoms with E-state index >= 15 is 0 Å². The Bertz CT molecular complexity index is 230. The van der Waals surface area contributed by atoms with Crippen molar-refractivity contribution < 1.29 is 9.53 Å². The maximum absolute atomic E-state index is 11.4. The average Bonchev–Trinajstić information content (AvgIpc) is 2.20. The third-order valence-electron chi connectivity index (χ3n) is 4.12. The van der Waals surface area contributed by atoms with E-state index in [0.717, 1.165) is 18.8 Å². The van der Waals surface area contributed by atoms with E-state index in [2.05, 4.69) is 13.8 Å². The molecule has 1 saturated carbocycles. The van der Waals surface area contributed by atoms with Gasteiger partial charge in [-0.05, 0) is 31.1 Å². The standard InChI is InChI=1S/C13H25NO2/c1-4-10(5-2)6-11-7-13(8-11,9-16-3)12(14)15/h10-11H,4-9H2,1-3H3,(H2,14,15). The van der Waals surface area contributed by atoms with Crippen LogP contribution < -0.4 is 5.73 Å². The summed E-state index contributed by atoms with van der Waals surface area (Å²) in [7, 11) is 1.64. The van der Waals surface area contributed by atoms with E-state index in [4.69, 9.17) is 10.5 Å². The lowest BCUT2D eigenvalue weighted by Crippen LogP contribution is -2.50. The van der Waals surface area contributed by atoms with Crippen LogP contribution in [0.15, 0.2) is 0 Å². The Balaban J connectivity index is 2.41. The molecule has 0 aliphatic heterocycles. The van der Waals surface area contributed by atoms with Crippen LogP contribution in [-0.2, 0) is 9.53 Å². The van der Waals surface area contributed by atoms with Crippen molar-refractivity contribution in [2.45, 2.75) is 46.0 Å². The topological polar surface area (TPSA) is 52.3 Å². The number of ether oxygens (including phenoxy) is 1. The van der Waals surface area contributed by atoms with Crippen LogP contribution in [0.3, 0.4) is 0 Å². The highest BCUT2D eigenvalue weighted by molar-refractivity contribution is 5.82. The Labute approximate surface area is 98.7 Å². The van der Waals surface area contributed by atoms with Crippen LogP contribution in [0.5, 0.6) is 0 Å². The van der Waals surface area contributed by atoms with Gasteiger partial charge in [0.1, 0.15) is 0 Å². The average molecular weight is 227 g/mol. The van der Waals surface area contributed by atoms with Gasteiger partial charge in [0.2, 0.25) is 5.91 Å². The summed E-state index contributed by atoms with van der Waals surface area (Å²) in [4.78, 5) is 11.4. The second-order valence-corrected chi connectivity index (χ2v) is 5.27. The molecule has 3 heteroatoms. The number of primary amides is 1. The van der Waals surface area contributed by atoms with E-state index in [1.165, 1.54) is 19.3 Å². The van der Waals surface area contributed by atoms with Gasteiger partial charge in [-0.2, -0.15) is 0 Å². The molecule has 1 amide bonds. The smallest absolute Gasteiger partial charge is 0.225 e. The molecule has 0 aromatic rings. The molecule has 0 atom stereocenters. The minimum absolute atomic E-state index is 0.185. The molecule has 94 valence electrons. The van der Waals surface area contributed by atoms with Gasteiger partial charge in [0, 0.05) is 7.11 Å². The largest absolute Gasteiger partial charge is 0.384 e. The van der Waals surface area contributed by atoms with Crippen LogP contribution >= 0.6 is 0 Å². The van der Waals surface area contributed by atoms with Crippen molar-refractivity contribution in [2.75, 3.05) is 13.7 Å². The molecule has 0 saturated heterocycles. The van der Waals surface area contributed by atoms with Gasteiger partial charge in [-0.25, -0.2) is 0 Å². The van der Waals surface area contributed by atoms with Gasteiger partial charge < -0.3 is 10.5 Å². The first-order valence-electron chi connectivity index (χ1n) is 6.36. The molecular weight excluding hydrogens is 202 g/mol. The molecule has 0 aromatic heterocycles. The van der Waals surface area contributed by atoms with Crippen molar-refractivity contribution in [3.8, 4) is 0 Å². The second-order valence-electron chi connectivity index (χ2n) is 5.27. The van der Waals surface area contributed by atoms with Crippen molar-refractivity contribution in [1.82, 2.24) is 0 Å². The summed E-state index contributed by atoms with van der Waals surface area (Å²) >= 11 is 0. The molecule has 1 aliphatic rings. The van der Waals surface area contributed by atoms with E-state index in [1.54, 1.807) is 7.11 Å². The Kier molecular flexibility index (Phi) is 4.78. The summed E-state index contributed by atoms with van der Waals surface area (Å²) in [6.07, 6.45) is 5.56. The molecule has 0 unspecified atom stereocenters. The van der Waals surface area contributed by atoms with E-state index in [9.17, 15) is 4.79 Å². The predicted molar refractivity (Wildman–Crippen MR) is 64.9 cm³/mol. The second kappa shape index (κ2) is 5.67. The number of carbonyl (C=O) groups excluding carboxylic acids is 1. The molecule has 0 spiro atoms. The van der Waals surface area contributed by atoms with Crippen molar-refractivity contribution in [3.05, 3.63) is 0 Å². The molecule has 0 aromatic carbocycles. The van der Waals surface area contributed by atoms with Crippen LogP contribution in [0.1, 0.15) is 46.0 Å².